The number of carbonyl (C=O) groups excluding carboxylic acids is 1. The number of halogens is 1. The third-order valence-corrected chi connectivity index (χ3v) is 6.60. The maximum absolute atomic E-state index is 12.9. The SMILES string of the molecule is COC(=O)[C@@H]1CSc2cc(Cc3cccc4ccccc34)c(Br)c(=O)n21. The Kier molecular flexibility index (Phi) is 4.63. The van der Waals surface area contributed by atoms with Gasteiger partial charge >= 0.3 is 5.97 Å². The van der Waals surface area contributed by atoms with Crippen molar-refractivity contribution in [1.82, 2.24) is 4.57 Å². The smallest absolute Gasteiger partial charge is 0.329 e. The van der Waals surface area contributed by atoms with Gasteiger partial charge in [0, 0.05) is 5.75 Å². The molecule has 0 radical (unpaired) electrons. The zero-order valence-electron chi connectivity index (χ0n) is 14.1. The summed E-state index contributed by atoms with van der Waals surface area (Å²) in [7, 11) is 1.35. The van der Waals surface area contributed by atoms with E-state index in [2.05, 4.69) is 40.2 Å². The molecule has 1 aromatic heterocycles. The van der Waals surface area contributed by atoms with Crippen LogP contribution in [0.15, 0.2) is 62.8 Å². The van der Waals surface area contributed by atoms with Gasteiger partial charge in [0.15, 0.2) is 0 Å². The van der Waals surface area contributed by atoms with E-state index >= 15 is 0 Å². The normalized spacial score (nSPS) is 15.8. The number of methoxy groups -OCH3 is 1. The Hall–Kier alpha value is -2.05. The molecule has 0 bridgehead atoms. The Morgan fingerprint density at radius 1 is 1.23 bits per heavy atom. The molecule has 26 heavy (non-hydrogen) atoms. The molecule has 0 unspecified atom stereocenters. The van der Waals surface area contributed by atoms with Crippen LogP contribution >= 0.6 is 27.7 Å². The molecule has 3 aromatic rings. The lowest BCUT2D eigenvalue weighted by atomic mass is 9.99. The first-order valence-corrected chi connectivity index (χ1v) is 9.99. The third kappa shape index (κ3) is 2.87. The van der Waals surface area contributed by atoms with E-state index in [-0.39, 0.29) is 11.5 Å². The number of hydrogen-bond donors (Lipinski definition) is 0. The third-order valence-electron chi connectivity index (χ3n) is 4.66. The molecule has 0 amide bonds. The topological polar surface area (TPSA) is 48.3 Å². The molecule has 4 rings (SSSR count). The Balaban J connectivity index is 1.79. The quantitative estimate of drug-likeness (QED) is 0.586. The van der Waals surface area contributed by atoms with Crippen LogP contribution in [0.25, 0.3) is 10.8 Å². The highest BCUT2D eigenvalue weighted by Gasteiger charge is 2.32. The number of hydrogen-bond acceptors (Lipinski definition) is 4. The summed E-state index contributed by atoms with van der Waals surface area (Å²) < 4.78 is 6.87. The van der Waals surface area contributed by atoms with Gasteiger partial charge in [-0.15, -0.1) is 11.8 Å². The minimum absolute atomic E-state index is 0.182. The number of ether oxygens (including phenoxy) is 1. The second-order valence-electron chi connectivity index (χ2n) is 6.16. The highest BCUT2D eigenvalue weighted by molar-refractivity contribution is 9.10. The lowest BCUT2D eigenvalue weighted by Crippen LogP contribution is -2.30. The van der Waals surface area contributed by atoms with Crippen molar-refractivity contribution in [3.63, 3.8) is 0 Å². The van der Waals surface area contributed by atoms with Gasteiger partial charge in [0.2, 0.25) is 0 Å². The standard InChI is InChI=1S/C20H16BrNO3S/c1-25-20(24)16-11-26-17-10-14(18(21)19(23)22(16)17)9-13-7-4-6-12-5-2-3-8-15(12)13/h2-8,10,16H,9,11H2,1H3/t16-/m0/s1. The number of nitrogens with zero attached hydrogens (tertiary/aromatic N) is 1. The molecule has 1 atom stereocenters. The van der Waals surface area contributed by atoms with Crippen molar-refractivity contribution >= 4 is 44.4 Å². The van der Waals surface area contributed by atoms with Crippen LogP contribution in [0.4, 0.5) is 0 Å². The molecule has 1 aliphatic rings. The summed E-state index contributed by atoms with van der Waals surface area (Å²) in [6.07, 6.45) is 0.647. The summed E-state index contributed by atoms with van der Waals surface area (Å²) in [6.45, 7) is 0. The molecule has 132 valence electrons. The number of thioether (sulfide) groups is 1. The van der Waals surface area contributed by atoms with E-state index in [4.69, 9.17) is 4.74 Å². The van der Waals surface area contributed by atoms with Crippen LogP contribution in [0.2, 0.25) is 0 Å². The van der Waals surface area contributed by atoms with Crippen molar-refractivity contribution < 1.29 is 9.53 Å². The highest BCUT2D eigenvalue weighted by Crippen LogP contribution is 2.35. The number of fused-ring (bicyclic) bond motifs is 2. The second-order valence-corrected chi connectivity index (χ2v) is 8.00. The first-order chi connectivity index (χ1) is 12.6. The van der Waals surface area contributed by atoms with E-state index in [0.717, 1.165) is 10.6 Å². The molecule has 0 aliphatic carbocycles. The maximum Gasteiger partial charge on any atom is 0.329 e. The van der Waals surface area contributed by atoms with Crippen molar-refractivity contribution in [3.8, 4) is 0 Å². The molecule has 0 saturated heterocycles. The van der Waals surface area contributed by atoms with Crippen molar-refractivity contribution in [3.05, 3.63) is 74.5 Å². The number of rotatable bonds is 3. The lowest BCUT2D eigenvalue weighted by molar-refractivity contribution is -0.143. The monoisotopic (exact) mass is 429 g/mol. The first-order valence-electron chi connectivity index (χ1n) is 8.21. The lowest BCUT2D eigenvalue weighted by Gasteiger charge is -2.14. The van der Waals surface area contributed by atoms with Crippen LogP contribution in [0.1, 0.15) is 17.2 Å². The van der Waals surface area contributed by atoms with Crippen LogP contribution in [0, 0.1) is 0 Å². The molecule has 6 heteroatoms. The Labute approximate surface area is 163 Å². The van der Waals surface area contributed by atoms with Crippen molar-refractivity contribution in [1.29, 1.82) is 0 Å². The van der Waals surface area contributed by atoms with Gasteiger partial charge < -0.3 is 4.74 Å². The molecular weight excluding hydrogens is 414 g/mol. The molecule has 1 aliphatic heterocycles. The summed E-state index contributed by atoms with van der Waals surface area (Å²) >= 11 is 4.97. The summed E-state index contributed by atoms with van der Waals surface area (Å²) in [6, 6.07) is 15.9. The number of carbonyl (C=O) groups is 1. The van der Waals surface area contributed by atoms with E-state index in [0.29, 0.717) is 16.6 Å². The minimum atomic E-state index is -0.560. The predicted molar refractivity (Wildman–Crippen MR) is 107 cm³/mol. The van der Waals surface area contributed by atoms with Crippen LogP contribution in [0.5, 0.6) is 0 Å². The van der Waals surface area contributed by atoms with Crippen molar-refractivity contribution in [2.45, 2.75) is 17.5 Å². The van der Waals surface area contributed by atoms with Crippen LogP contribution in [0.3, 0.4) is 0 Å². The number of benzene rings is 2. The van der Waals surface area contributed by atoms with Crippen LogP contribution in [-0.2, 0) is 16.0 Å². The van der Waals surface area contributed by atoms with Gasteiger partial charge in [-0.25, -0.2) is 4.79 Å². The molecule has 0 spiro atoms. The van der Waals surface area contributed by atoms with Gasteiger partial charge in [0.05, 0.1) is 16.6 Å². The largest absolute Gasteiger partial charge is 0.467 e. The molecule has 0 fully saturated rings. The average molecular weight is 430 g/mol. The fraction of sp³-hybridized carbons (Fsp3) is 0.200. The van der Waals surface area contributed by atoms with Crippen LogP contribution < -0.4 is 5.56 Å². The average Bonchev–Trinajstić information content (AvgIpc) is 3.09. The van der Waals surface area contributed by atoms with Gasteiger partial charge in [0.1, 0.15) is 6.04 Å². The van der Waals surface area contributed by atoms with Crippen molar-refractivity contribution in [2.75, 3.05) is 12.9 Å². The van der Waals surface area contributed by atoms with E-state index in [1.807, 2.05) is 24.3 Å². The highest BCUT2D eigenvalue weighted by atomic mass is 79.9. The van der Waals surface area contributed by atoms with Gasteiger partial charge in [-0.3, -0.25) is 9.36 Å². The number of aromatic nitrogens is 1. The van der Waals surface area contributed by atoms with Crippen molar-refractivity contribution in [2.24, 2.45) is 0 Å². The molecule has 2 aromatic carbocycles. The van der Waals surface area contributed by atoms with E-state index in [1.165, 1.54) is 39.8 Å². The summed E-state index contributed by atoms with van der Waals surface area (Å²) in [5.41, 5.74) is 1.91. The number of pyridine rings is 1. The molecule has 4 nitrogen and oxygen atoms in total. The maximum atomic E-state index is 12.9. The summed E-state index contributed by atoms with van der Waals surface area (Å²) in [5.74, 6) is 0.138. The Morgan fingerprint density at radius 3 is 2.81 bits per heavy atom. The van der Waals surface area contributed by atoms with Crippen LogP contribution in [-0.4, -0.2) is 23.4 Å². The van der Waals surface area contributed by atoms with E-state index < -0.39 is 6.04 Å². The summed E-state index contributed by atoms with van der Waals surface area (Å²) in [4.78, 5) is 24.8. The second kappa shape index (κ2) is 6.93. The van der Waals surface area contributed by atoms with E-state index in [1.54, 1.807) is 0 Å². The summed E-state index contributed by atoms with van der Waals surface area (Å²) in [5, 5.41) is 3.17. The molecule has 0 N–H and O–H groups in total. The molecule has 0 saturated carbocycles. The molecular formula is C20H16BrNO3S. The predicted octanol–water partition coefficient (Wildman–Crippen LogP) is 4.17. The number of esters is 1. The fourth-order valence-corrected chi connectivity index (χ4v) is 4.99. The molecule has 2 heterocycles. The Bertz CT molecular complexity index is 1070. The zero-order chi connectivity index (χ0) is 18.3. The Morgan fingerprint density at radius 2 is 2.00 bits per heavy atom. The first kappa shape index (κ1) is 17.4. The van der Waals surface area contributed by atoms with Gasteiger partial charge in [-0.05, 0) is 50.3 Å². The van der Waals surface area contributed by atoms with Gasteiger partial charge in [-0.2, -0.15) is 0 Å². The zero-order valence-corrected chi connectivity index (χ0v) is 16.5. The fourth-order valence-electron chi connectivity index (χ4n) is 3.36. The van der Waals surface area contributed by atoms with E-state index in [9.17, 15) is 9.59 Å². The van der Waals surface area contributed by atoms with Gasteiger partial charge in [-0.1, -0.05) is 42.5 Å². The minimum Gasteiger partial charge on any atom is -0.467 e. The van der Waals surface area contributed by atoms with Gasteiger partial charge in [0.25, 0.3) is 5.56 Å².